The summed E-state index contributed by atoms with van der Waals surface area (Å²) in [5, 5.41) is 11.7. The van der Waals surface area contributed by atoms with Gasteiger partial charge in [-0.2, -0.15) is 0 Å². The van der Waals surface area contributed by atoms with Crippen LogP contribution in [0.25, 0.3) is 21.6 Å². The lowest BCUT2D eigenvalue weighted by Gasteiger charge is -2.48. The Balaban J connectivity index is 1.49. The molecule has 2 aliphatic heterocycles. The molecule has 1 amide bonds. The molecule has 0 bridgehead atoms. The highest BCUT2D eigenvalue weighted by Gasteiger charge is 2.52. The summed E-state index contributed by atoms with van der Waals surface area (Å²) in [6.45, 7) is 12.5. The van der Waals surface area contributed by atoms with Gasteiger partial charge in [0.1, 0.15) is 17.4 Å². The largest absolute Gasteiger partial charge is 0.465 e. The maximum absolute atomic E-state index is 11.7. The molecule has 3 aromatic heterocycles. The van der Waals surface area contributed by atoms with Crippen LogP contribution in [0.5, 0.6) is 0 Å². The van der Waals surface area contributed by atoms with Crippen LogP contribution in [0.3, 0.4) is 0 Å². The fraction of sp³-hybridized carbons (Fsp3) is 0.542. The number of hydrogen-bond donors (Lipinski definition) is 1. The fourth-order valence-corrected chi connectivity index (χ4v) is 6.61. The zero-order chi connectivity index (χ0) is 24.1. The van der Waals surface area contributed by atoms with E-state index in [-0.39, 0.29) is 5.54 Å². The minimum Gasteiger partial charge on any atom is -0.465 e. The molecule has 1 atom stereocenters. The molecular weight excluding hydrogens is 466 g/mol. The van der Waals surface area contributed by atoms with Crippen molar-refractivity contribution >= 4 is 42.2 Å². The zero-order valence-electron chi connectivity index (χ0n) is 20.4. The van der Waals surface area contributed by atoms with E-state index in [0.29, 0.717) is 19.8 Å². The van der Waals surface area contributed by atoms with Crippen molar-refractivity contribution in [2.24, 2.45) is 0 Å². The average Bonchev–Trinajstić information content (AvgIpc) is 3.47. The molecule has 0 aliphatic carbocycles. The number of hydrogen-bond acceptors (Lipinski definition) is 6. The predicted molar refractivity (Wildman–Crippen MR) is 139 cm³/mol. The van der Waals surface area contributed by atoms with Crippen LogP contribution in [0.1, 0.15) is 17.7 Å². The number of likely N-dealkylation sites (tertiary alicyclic amines) is 1. The van der Waals surface area contributed by atoms with Crippen molar-refractivity contribution in [3.05, 3.63) is 29.5 Å². The third-order valence-electron chi connectivity index (χ3n) is 7.09. The van der Waals surface area contributed by atoms with Gasteiger partial charge in [0.2, 0.25) is 0 Å². The van der Waals surface area contributed by atoms with Crippen LogP contribution in [0.4, 0.5) is 10.5 Å². The van der Waals surface area contributed by atoms with Crippen LogP contribution >= 0.6 is 11.3 Å². The summed E-state index contributed by atoms with van der Waals surface area (Å²) in [7, 11) is -1.16. The molecular formula is C24H33N5O3SSi. The van der Waals surface area contributed by atoms with Crippen molar-refractivity contribution in [3.8, 4) is 10.6 Å². The number of thiazole rings is 1. The first-order chi connectivity index (χ1) is 16.2. The number of nitrogens with zero attached hydrogens (tertiary/aromatic N) is 5. The Morgan fingerprint density at radius 2 is 2.06 bits per heavy atom. The van der Waals surface area contributed by atoms with Crippen LogP contribution in [0, 0.1) is 6.92 Å². The normalized spacial score (nSPS) is 20.5. The molecule has 5 rings (SSSR count). The number of ether oxygens (including phenoxy) is 1. The number of fused-ring (bicyclic) bond motifs is 1. The molecule has 0 radical (unpaired) electrons. The third-order valence-corrected chi connectivity index (χ3v) is 9.74. The van der Waals surface area contributed by atoms with E-state index in [1.165, 1.54) is 4.88 Å². The van der Waals surface area contributed by atoms with E-state index in [0.717, 1.165) is 59.3 Å². The molecule has 5 heterocycles. The first-order valence-electron chi connectivity index (χ1n) is 11.9. The summed E-state index contributed by atoms with van der Waals surface area (Å²) < 4.78 is 8.17. The van der Waals surface area contributed by atoms with Crippen molar-refractivity contribution in [3.63, 3.8) is 0 Å². The number of amides is 1. The molecule has 3 aromatic rings. The standard InChI is InChI=1S/C24H33N5O3SSi/c1-17-13-26-22(33-17)18-14-28(16-32-11-12-34(2,3)4)21-20(18)19(5-8-25-21)27-9-6-24(15-27)7-10-29(24)23(30)31/h5,8,13-14H,6-7,9-12,15-16H2,1-4H3,(H,30,31). The highest BCUT2D eigenvalue weighted by molar-refractivity contribution is 7.15. The van der Waals surface area contributed by atoms with Gasteiger partial charge >= 0.3 is 6.09 Å². The van der Waals surface area contributed by atoms with Crippen LogP contribution < -0.4 is 4.90 Å². The number of carboxylic acid groups (broad SMARTS) is 1. The molecule has 1 unspecified atom stereocenters. The summed E-state index contributed by atoms with van der Waals surface area (Å²) in [4.78, 5) is 26.2. The van der Waals surface area contributed by atoms with E-state index in [2.05, 4.69) is 53.3 Å². The maximum Gasteiger partial charge on any atom is 0.407 e. The molecule has 0 saturated carbocycles. The van der Waals surface area contributed by atoms with Crippen molar-refractivity contribution in [1.29, 1.82) is 0 Å². The Morgan fingerprint density at radius 3 is 2.71 bits per heavy atom. The van der Waals surface area contributed by atoms with Crippen LogP contribution in [0.15, 0.2) is 24.7 Å². The highest BCUT2D eigenvalue weighted by atomic mass is 32.1. The number of rotatable bonds is 7. The second-order valence-electron chi connectivity index (χ2n) is 10.7. The topological polar surface area (TPSA) is 83.7 Å². The van der Waals surface area contributed by atoms with Gasteiger partial charge in [-0.1, -0.05) is 19.6 Å². The Bertz CT molecular complexity index is 1220. The van der Waals surface area contributed by atoms with E-state index < -0.39 is 14.2 Å². The molecule has 34 heavy (non-hydrogen) atoms. The van der Waals surface area contributed by atoms with Crippen molar-refractivity contribution in [2.75, 3.05) is 31.1 Å². The van der Waals surface area contributed by atoms with Gasteiger partial charge in [0.25, 0.3) is 0 Å². The van der Waals surface area contributed by atoms with Crippen molar-refractivity contribution in [2.45, 2.75) is 57.7 Å². The lowest BCUT2D eigenvalue weighted by molar-refractivity contribution is 0.0146. The SMILES string of the molecule is Cc1cnc(-c2cn(COCC[Si](C)(C)C)c3nccc(N4CCC5(CCN5C(=O)O)C4)c23)s1. The average molecular weight is 500 g/mol. The monoisotopic (exact) mass is 499 g/mol. The fourth-order valence-electron chi connectivity index (χ4n) is 5.07. The third kappa shape index (κ3) is 4.23. The zero-order valence-corrected chi connectivity index (χ0v) is 22.2. The van der Waals surface area contributed by atoms with Gasteiger partial charge in [-0.15, -0.1) is 11.3 Å². The number of anilines is 1. The molecule has 0 aromatic carbocycles. The Hall–Kier alpha value is -2.43. The van der Waals surface area contributed by atoms with Gasteiger partial charge in [0.15, 0.2) is 0 Å². The summed E-state index contributed by atoms with van der Waals surface area (Å²) in [6, 6.07) is 3.19. The smallest absolute Gasteiger partial charge is 0.407 e. The molecule has 2 aliphatic rings. The molecule has 8 nitrogen and oxygen atoms in total. The van der Waals surface area contributed by atoms with E-state index in [1.54, 1.807) is 16.2 Å². The molecule has 10 heteroatoms. The van der Waals surface area contributed by atoms with E-state index in [4.69, 9.17) is 9.72 Å². The van der Waals surface area contributed by atoms with Gasteiger partial charge in [-0.05, 0) is 31.9 Å². The van der Waals surface area contributed by atoms with Gasteiger partial charge in [0.05, 0.1) is 16.6 Å². The number of pyridine rings is 1. The summed E-state index contributed by atoms with van der Waals surface area (Å²) in [5.41, 5.74) is 2.79. The summed E-state index contributed by atoms with van der Waals surface area (Å²) >= 11 is 1.68. The first-order valence-corrected chi connectivity index (χ1v) is 16.4. The van der Waals surface area contributed by atoms with Crippen LogP contribution in [-0.4, -0.2) is 70.5 Å². The van der Waals surface area contributed by atoms with Crippen LogP contribution in [-0.2, 0) is 11.5 Å². The quantitative estimate of drug-likeness (QED) is 0.359. The Morgan fingerprint density at radius 1 is 1.26 bits per heavy atom. The minimum atomic E-state index is -1.16. The van der Waals surface area contributed by atoms with Crippen molar-refractivity contribution < 1.29 is 14.6 Å². The Kier molecular flexibility index (Phi) is 5.93. The summed E-state index contributed by atoms with van der Waals surface area (Å²) in [5.74, 6) is 0. The molecule has 1 spiro atoms. The predicted octanol–water partition coefficient (Wildman–Crippen LogP) is 5.11. The molecule has 182 valence electrons. The number of carbonyl (C=O) groups is 1. The molecule has 2 fully saturated rings. The minimum absolute atomic E-state index is 0.262. The van der Waals surface area contributed by atoms with E-state index in [1.807, 2.05) is 12.4 Å². The summed E-state index contributed by atoms with van der Waals surface area (Å²) in [6.07, 6.45) is 6.85. The van der Waals surface area contributed by atoms with Gasteiger partial charge in [-0.25, -0.2) is 14.8 Å². The Labute approximate surface area is 205 Å². The highest BCUT2D eigenvalue weighted by Crippen LogP contribution is 2.44. The van der Waals surface area contributed by atoms with E-state index >= 15 is 0 Å². The second kappa shape index (κ2) is 8.65. The number of aryl methyl sites for hydroxylation is 1. The second-order valence-corrected chi connectivity index (χ2v) is 17.6. The molecule has 2 saturated heterocycles. The molecule has 1 N–H and O–H groups in total. The lowest BCUT2D eigenvalue weighted by Crippen LogP contribution is -2.63. The van der Waals surface area contributed by atoms with E-state index in [9.17, 15) is 9.90 Å². The van der Waals surface area contributed by atoms with Gasteiger partial charge < -0.3 is 24.2 Å². The van der Waals surface area contributed by atoms with Gasteiger partial charge in [-0.3, -0.25) is 0 Å². The lowest BCUT2D eigenvalue weighted by atomic mass is 9.84. The first kappa shape index (κ1) is 23.3. The van der Waals surface area contributed by atoms with Gasteiger partial charge in [0, 0.05) is 63.3 Å². The van der Waals surface area contributed by atoms with Crippen molar-refractivity contribution in [1.82, 2.24) is 19.4 Å². The number of aromatic nitrogens is 3. The maximum atomic E-state index is 11.7. The van der Waals surface area contributed by atoms with Crippen LogP contribution in [0.2, 0.25) is 25.7 Å².